The van der Waals surface area contributed by atoms with Gasteiger partial charge in [0.15, 0.2) is 0 Å². The predicted molar refractivity (Wildman–Crippen MR) is 77.0 cm³/mol. The second-order valence-corrected chi connectivity index (χ2v) is 7.39. The van der Waals surface area contributed by atoms with E-state index < -0.39 is 0 Å². The van der Waals surface area contributed by atoms with Crippen LogP contribution in [-0.4, -0.2) is 16.0 Å². The Morgan fingerprint density at radius 1 is 1.17 bits per heavy atom. The fraction of sp³-hybridized carbons (Fsp3) is 0.500. The van der Waals surface area contributed by atoms with Crippen LogP contribution in [0.3, 0.4) is 0 Å². The Kier molecular flexibility index (Phi) is 2.47. The lowest BCUT2D eigenvalue weighted by molar-refractivity contribution is -0.143. The molecule has 3 aliphatic rings. The molecule has 2 nitrogen and oxygen atoms in total. The zero-order chi connectivity index (χ0) is 12.4. The molecule has 0 amide bonds. The van der Waals surface area contributed by atoms with E-state index >= 15 is 0 Å². The number of benzene rings is 1. The molecule has 94 valence electrons. The molecule has 0 aromatic heterocycles. The van der Waals surface area contributed by atoms with Crippen molar-refractivity contribution >= 4 is 40.2 Å². The highest BCUT2D eigenvalue weighted by molar-refractivity contribution is 14.1. The zero-order valence-electron chi connectivity index (χ0n) is 9.55. The van der Waals surface area contributed by atoms with E-state index in [1.165, 1.54) is 5.56 Å². The van der Waals surface area contributed by atoms with E-state index in [4.69, 9.17) is 16.3 Å². The number of carbonyl (C=O) groups excluding carboxylic acids is 1. The maximum Gasteiger partial charge on any atom is 0.310 e. The summed E-state index contributed by atoms with van der Waals surface area (Å²) >= 11 is 8.41. The Morgan fingerprint density at radius 2 is 1.89 bits per heavy atom. The van der Waals surface area contributed by atoms with E-state index in [2.05, 4.69) is 34.7 Å². The van der Waals surface area contributed by atoms with Gasteiger partial charge in [0.2, 0.25) is 0 Å². The third-order valence-corrected chi connectivity index (χ3v) is 6.66. The van der Waals surface area contributed by atoms with Gasteiger partial charge in [-0.15, -0.1) is 0 Å². The number of halogens is 2. The first-order valence-electron chi connectivity index (χ1n) is 6.27. The van der Waals surface area contributed by atoms with Crippen molar-refractivity contribution in [3.05, 3.63) is 34.9 Å². The molecule has 18 heavy (non-hydrogen) atoms. The third kappa shape index (κ3) is 1.38. The summed E-state index contributed by atoms with van der Waals surface area (Å²) in [4.78, 5) is 12.0. The Hall–Kier alpha value is -0.290. The van der Waals surface area contributed by atoms with Crippen molar-refractivity contribution in [2.45, 2.75) is 22.4 Å². The van der Waals surface area contributed by atoms with Crippen LogP contribution in [0.2, 0.25) is 5.02 Å². The van der Waals surface area contributed by atoms with Gasteiger partial charge in [0.25, 0.3) is 0 Å². The molecule has 1 aromatic carbocycles. The highest BCUT2D eigenvalue weighted by Gasteiger charge is 2.65. The van der Waals surface area contributed by atoms with Crippen LogP contribution in [-0.2, 0) is 9.53 Å². The first-order valence-corrected chi connectivity index (χ1v) is 7.89. The maximum absolute atomic E-state index is 12.0. The van der Waals surface area contributed by atoms with Crippen LogP contribution >= 0.6 is 34.2 Å². The van der Waals surface area contributed by atoms with Gasteiger partial charge in [0.05, 0.1) is 9.84 Å². The number of alkyl halides is 1. The lowest BCUT2D eigenvalue weighted by atomic mass is 9.76. The van der Waals surface area contributed by atoms with Gasteiger partial charge >= 0.3 is 5.97 Å². The Bertz CT molecular complexity index is 515. The summed E-state index contributed by atoms with van der Waals surface area (Å²) < 4.78 is 6.02. The molecule has 1 aromatic rings. The highest BCUT2D eigenvalue weighted by Crippen LogP contribution is 2.63. The summed E-state index contributed by atoms with van der Waals surface area (Å²) in [6.07, 6.45) is 1.32. The molecular formula is C14H12ClIO2. The average Bonchev–Trinajstić information content (AvgIpc) is 2.94. The molecule has 1 saturated heterocycles. The number of hydrogen-bond donors (Lipinski definition) is 0. The standard InChI is InChI=1S/C14H12ClIO2/c15-7-3-1-6(2-4-7)10-8-5-9-11(10)14(17)18-13(9)12(8)16/h1-4,8-13H,5H2/t8-,9+,10+,11+,12-,13-/m0/s1. The van der Waals surface area contributed by atoms with Gasteiger partial charge in [-0.25, -0.2) is 0 Å². The lowest BCUT2D eigenvalue weighted by Crippen LogP contribution is -2.32. The zero-order valence-corrected chi connectivity index (χ0v) is 12.5. The molecule has 4 rings (SSSR count). The van der Waals surface area contributed by atoms with E-state index in [1.807, 2.05) is 12.1 Å². The van der Waals surface area contributed by atoms with Gasteiger partial charge in [-0.2, -0.15) is 0 Å². The molecule has 2 saturated carbocycles. The molecule has 0 spiro atoms. The second-order valence-electron chi connectivity index (χ2n) is 5.51. The smallest absolute Gasteiger partial charge is 0.310 e. The van der Waals surface area contributed by atoms with Crippen LogP contribution in [0.1, 0.15) is 17.9 Å². The van der Waals surface area contributed by atoms with Crippen LogP contribution < -0.4 is 0 Å². The summed E-state index contributed by atoms with van der Waals surface area (Å²) in [6.45, 7) is 0. The van der Waals surface area contributed by atoms with Crippen molar-refractivity contribution in [1.29, 1.82) is 0 Å². The number of carbonyl (C=O) groups is 1. The molecule has 0 unspecified atom stereocenters. The highest BCUT2D eigenvalue weighted by atomic mass is 127. The molecule has 0 radical (unpaired) electrons. The van der Waals surface area contributed by atoms with Crippen molar-refractivity contribution in [2.24, 2.45) is 17.8 Å². The monoisotopic (exact) mass is 374 g/mol. The predicted octanol–water partition coefficient (Wildman–Crippen LogP) is 3.42. The molecule has 4 heteroatoms. The molecule has 0 N–H and O–H groups in total. The van der Waals surface area contributed by atoms with Crippen molar-refractivity contribution in [3.63, 3.8) is 0 Å². The average molecular weight is 375 g/mol. The molecule has 1 aliphatic heterocycles. The molecule has 2 bridgehead atoms. The summed E-state index contributed by atoms with van der Waals surface area (Å²) in [6, 6.07) is 7.97. The molecule has 6 atom stereocenters. The first kappa shape index (κ1) is 11.5. The van der Waals surface area contributed by atoms with Crippen LogP contribution in [0.4, 0.5) is 0 Å². The van der Waals surface area contributed by atoms with E-state index in [1.54, 1.807) is 0 Å². The van der Waals surface area contributed by atoms with Crippen LogP contribution in [0.5, 0.6) is 0 Å². The van der Waals surface area contributed by atoms with Gasteiger partial charge in [-0.05, 0) is 30.0 Å². The summed E-state index contributed by atoms with van der Waals surface area (Å²) in [5.74, 6) is 1.47. The van der Waals surface area contributed by atoms with Crippen molar-refractivity contribution in [3.8, 4) is 0 Å². The summed E-state index contributed by atoms with van der Waals surface area (Å²) in [5.41, 5.74) is 1.25. The molecule has 1 heterocycles. The van der Waals surface area contributed by atoms with E-state index in [-0.39, 0.29) is 18.0 Å². The Labute approximate surface area is 124 Å². The normalized spacial score (nSPS) is 44.4. The third-order valence-electron chi connectivity index (χ3n) is 4.78. The van der Waals surface area contributed by atoms with Gasteiger partial charge in [-0.1, -0.05) is 46.3 Å². The second kappa shape index (κ2) is 3.85. The van der Waals surface area contributed by atoms with E-state index in [9.17, 15) is 4.79 Å². The van der Waals surface area contributed by atoms with E-state index in [0.717, 1.165) is 11.4 Å². The summed E-state index contributed by atoms with van der Waals surface area (Å²) in [5, 5.41) is 0.750. The number of hydrogen-bond acceptors (Lipinski definition) is 2. The van der Waals surface area contributed by atoms with Crippen LogP contribution in [0, 0.1) is 17.8 Å². The van der Waals surface area contributed by atoms with Crippen LogP contribution in [0.25, 0.3) is 0 Å². The Balaban J connectivity index is 1.77. The topological polar surface area (TPSA) is 26.3 Å². The summed E-state index contributed by atoms with van der Waals surface area (Å²) in [7, 11) is 0. The quantitative estimate of drug-likeness (QED) is 0.428. The van der Waals surface area contributed by atoms with Gasteiger partial charge < -0.3 is 4.74 Å². The SMILES string of the molecule is O=C1O[C@@H]2[C@@H](I)[C@H]3C[C@@H]2[C@@H]1[C@@H]3c1ccc(Cl)cc1. The van der Waals surface area contributed by atoms with Crippen LogP contribution in [0.15, 0.2) is 24.3 Å². The van der Waals surface area contributed by atoms with Gasteiger partial charge in [-0.3, -0.25) is 4.79 Å². The minimum absolute atomic E-state index is 0.0200. The number of fused-ring (bicyclic) bond motifs is 1. The van der Waals surface area contributed by atoms with Gasteiger partial charge in [0.1, 0.15) is 6.10 Å². The number of esters is 1. The molecule has 3 fully saturated rings. The molecule has 2 aliphatic carbocycles. The van der Waals surface area contributed by atoms with E-state index in [0.29, 0.717) is 21.7 Å². The fourth-order valence-corrected chi connectivity index (χ4v) is 5.66. The minimum Gasteiger partial charge on any atom is -0.461 e. The fourth-order valence-electron chi connectivity index (χ4n) is 4.11. The number of rotatable bonds is 1. The number of ether oxygens (including phenoxy) is 1. The Morgan fingerprint density at radius 3 is 2.61 bits per heavy atom. The van der Waals surface area contributed by atoms with Gasteiger partial charge in [0, 0.05) is 16.9 Å². The first-order chi connectivity index (χ1) is 8.66. The lowest BCUT2D eigenvalue weighted by Gasteiger charge is -2.28. The largest absolute Gasteiger partial charge is 0.461 e. The van der Waals surface area contributed by atoms with Crippen molar-refractivity contribution < 1.29 is 9.53 Å². The van der Waals surface area contributed by atoms with Crippen molar-refractivity contribution in [1.82, 2.24) is 0 Å². The molecular weight excluding hydrogens is 363 g/mol. The van der Waals surface area contributed by atoms with Crippen molar-refractivity contribution in [2.75, 3.05) is 0 Å². The minimum atomic E-state index is 0.0200. The maximum atomic E-state index is 12.0.